The van der Waals surface area contributed by atoms with E-state index in [-0.39, 0.29) is 0 Å². The third-order valence-electron chi connectivity index (χ3n) is 2.45. The van der Waals surface area contributed by atoms with Gasteiger partial charge in [-0.05, 0) is 24.6 Å². The molecule has 1 heterocycles. The summed E-state index contributed by atoms with van der Waals surface area (Å²) in [6.07, 6.45) is 1.02. The number of rotatable bonds is 3. The summed E-state index contributed by atoms with van der Waals surface area (Å²) >= 11 is 5.93. The summed E-state index contributed by atoms with van der Waals surface area (Å²) in [5.41, 5.74) is 0.931. The fraction of sp³-hybridized carbons (Fsp3) is 0.455. The summed E-state index contributed by atoms with van der Waals surface area (Å²) in [5.74, 6) is 0.811. The maximum absolute atomic E-state index is 5.93. The van der Waals surface area contributed by atoms with Crippen molar-refractivity contribution in [3.05, 3.63) is 23.2 Å². The number of hydrogen-bond acceptors (Lipinski definition) is 3. The van der Waals surface area contributed by atoms with Crippen molar-refractivity contribution in [3.63, 3.8) is 0 Å². The first-order chi connectivity index (χ1) is 7.29. The lowest BCUT2D eigenvalue weighted by Gasteiger charge is -2.15. The van der Waals surface area contributed by atoms with E-state index in [1.54, 1.807) is 7.11 Å². The first-order valence-electron chi connectivity index (χ1n) is 4.97. The van der Waals surface area contributed by atoms with Crippen LogP contribution in [0.1, 0.15) is 6.42 Å². The Balaban J connectivity index is 2.14. The zero-order valence-corrected chi connectivity index (χ0v) is 9.38. The van der Waals surface area contributed by atoms with E-state index in [1.807, 2.05) is 18.2 Å². The van der Waals surface area contributed by atoms with Crippen LogP contribution in [-0.4, -0.2) is 26.4 Å². The Hall–Kier alpha value is -0.930. The highest BCUT2D eigenvalue weighted by Gasteiger charge is 2.16. The van der Waals surface area contributed by atoms with E-state index < -0.39 is 0 Å². The van der Waals surface area contributed by atoms with E-state index in [2.05, 4.69) is 5.32 Å². The van der Waals surface area contributed by atoms with Crippen LogP contribution in [0.4, 0.5) is 5.69 Å². The number of hydrogen-bond donors (Lipinski definition) is 1. The van der Waals surface area contributed by atoms with Crippen molar-refractivity contribution in [2.24, 2.45) is 0 Å². The van der Waals surface area contributed by atoms with Crippen LogP contribution in [0.25, 0.3) is 0 Å². The second-order valence-corrected chi connectivity index (χ2v) is 3.99. The molecule has 1 N–H and O–H groups in total. The molecule has 0 saturated carbocycles. The van der Waals surface area contributed by atoms with Crippen molar-refractivity contribution < 1.29 is 9.47 Å². The minimum Gasteiger partial charge on any atom is -0.495 e. The molecule has 0 amide bonds. The highest BCUT2D eigenvalue weighted by molar-refractivity contribution is 6.30. The predicted molar refractivity (Wildman–Crippen MR) is 60.9 cm³/mol. The standard InChI is InChI=1S/C11H14ClNO2/c1-14-11-3-2-8(12)6-10(11)13-9-4-5-15-7-9/h2-3,6,9,13H,4-5,7H2,1H3. The molecule has 4 heteroatoms. The maximum atomic E-state index is 5.93. The van der Waals surface area contributed by atoms with Gasteiger partial charge in [-0.15, -0.1) is 0 Å². The smallest absolute Gasteiger partial charge is 0.142 e. The second kappa shape index (κ2) is 4.73. The van der Waals surface area contributed by atoms with Gasteiger partial charge >= 0.3 is 0 Å². The van der Waals surface area contributed by atoms with Gasteiger partial charge in [0.05, 0.1) is 25.4 Å². The van der Waals surface area contributed by atoms with Gasteiger partial charge in [-0.25, -0.2) is 0 Å². The lowest BCUT2D eigenvalue weighted by atomic mass is 10.2. The Labute approximate surface area is 94.3 Å². The van der Waals surface area contributed by atoms with Crippen molar-refractivity contribution in [3.8, 4) is 5.75 Å². The highest BCUT2D eigenvalue weighted by atomic mass is 35.5. The van der Waals surface area contributed by atoms with Gasteiger partial charge in [0.15, 0.2) is 0 Å². The zero-order chi connectivity index (χ0) is 10.7. The van der Waals surface area contributed by atoms with E-state index in [9.17, 15) is 0 Å². The molecule has 1 aliphatic heterocycles. The molecule has 0 spiro atoms. The molecule has 0 bridgehead atoms. The van der Waals surface area contributed by atoms with Crippen LogP contribution in [0.15, 0.2) is 18.2 Å². The quantitative estimate of drug-likeness (QED) is 0.861. The number of methoxy groups -OCH3 is 1. The third-order valence-corrected chi connectivity index (χ3v) is 2.69. The van der Waals surface area contributed by atoms with Gasteiger partial charge < -0.3 is 14.8 Å². The Bertz CT molecular complexity index is 337. The molecule has 0 aliphatic carbocycles. The summed E-state index contributed by atoms with van der Waals surface area (Å²) in [4.78, 5) is 0. The molecule has 2 rings (SSSR count). The SMILES string of the molecule is COc1ccc(Cl)cc1NC1CCOC1. The molecule has 1 aliphatic rings. The Morgan fingerprint density at radius 1 is 1.53 bits per heavy atom. The van der Waals surface area contributed by atoms with E-state index >= 15 is 0 Å². The Kier molecular flexibility index (Phi) is 3.34. The predicted octanol–water partition coefficient (Wildman–Crippen LogP) is 2.55. The zero-order valence-electron chi connectivity index (χ0n) is 8.63. The molecular formula is C11H14ClNO2. The van der Waals surface area contributed by atoms with Gasteiger partial charge in [0.25, 0.3) is 0 Å². The highest BCUT2D eigenvalue weighted by Crippen LogP contribution is 2.29. The van der Waals surface area contributed by atoms with Crippen LogP contribution in [0.5, 0.6) is 5.75 Å². The number of halogens is 1. The summed E-state index contributed by atoms with van der Waals surface area (Å²) in [6.45, 7) is 1.57. The van der Waals surface area contributed by atoms with E-state index in [4.69, 9.17) is 21.1 Å². The molecule has 0 radical (unpaired) electrons. The number of nitrogens with one attached hydrogen (secondary N) is 1. The van der Waals surface area contributed by atoms with Crippen LogP contribution in [0.3, 0.4) is 0 Å². The Morgan fingerprint density at radius 2 is 2.40 bits per heavy atom. The topological polar surface area (TPSA) is 30.5 Å². The molecule has 1 fully saturated rings. The summed E-state index contributed by atoms with van der Waals surface area (Å²) < 4.78 is 10.5. The van der Waals surface area contributed by atoms with Crippen LogP contribution < -0.4 is 10.1 Å². The van der Waals surface area contributed by atoms with Crippen molar-refractivity contribution in [1.82, 2.24) is 0 Å². The molecule has 82 valence electrons. The molecule has 1 aromatic carbocycles. The minimum atomic E-state index is 0.359. The summed E-state index contributed by atoms with van der Waals surface area (Å²) in [6, 6.07) is 5.91. The van der Waals surface area contributed by atoms with Crippen LogP contribution in [0.2, 0.25) is 5.02 Å². The largest absolute Gasteiger partial charge is 0.495 e. The molecule has 1 atom stereocenters. The van der Waals surface area contributed by atoms with Crippen molar-refractivity contribution in [2.45, 2.75) is 12.5 Å². The maximum Gasteiger partial charge on any atom is 0.142 e. The lowest BCUT2D eigenvalue weighted by Crippen LogP contribution is -2.19. The number of anilines is 1. The van der Waals surface area contributed by atoms with Crippen LogP contribution >= 0.6 is 11.6 Å². The van der Waals surface area contributed by atoms with Crippen molar-refractivity contribution >= 4 is 17.3 Å². The van der Waals surface area contributed by atoms with Crippen molar-refractivity contribution in [2.75, 3.05) is 25.6 Å². The first kappa shape index (κ1) is 10.6. The van der Waals surface area contributed by atoms with Gasteiger partial charge in [-0.3, -0.25) is 0 Å². The minimum absolute atomic E-state index is 0.359. The molecule has 1 aromatic rings. The lowest BCUT2D eigenvalue weighted by molar-refractivity contribution is 0.195. The van der Waals surface area contributed by atoms with Crippen LogP contribution in [0, 0.1) is 0 Å². The summed E-state index contributed by atoms with van der Waals surface area (Å²) in [7, 11) is 1.65. The molecule has 1 saturated heterocycles. The monoisotopic (exact) mass is 227 g/mol. The Morgan fingerprint density at radius 3 is 3.07 bits per heavy atom. The van der Waals surface area contributed by atoms with E-state index in [1.165, 1.54) is 0 Å². The van der Waals surface area contributed by atoms with Gasteiger partial charge in [-0.2, -0.15) is 0 Å². The second-order valence-electron chi connectivity index (χ2n) is 3.55. The van der Waals surface area contributed by atoms with E-state index in [0.717, 1.165) is 31.1 Å². The molecular weight excluding hydrogens is 214 g/mol. The molecule has 15 heavy (non-hydrogen) atoms. The third kappa shape index (κ3) is 2.55. The van der Waals surface area contributed by atoms with Crippen molar-refractivity contribution in [1.29, 1.82) is 0 Å². The molecule has 1 unspecified atom stereocenters. The first-order valence-corrected chi connectivity index (χ1v) is 5.35. The van der Waals surface area contributed by atoms with E-state index in [0.29, 0.717) is 11.1 Å². The number of benzene rings is 1. The van der Waals surface area contributed by atoms with Crippen LogP contribution in [-0.2, 0) is 4.74 Å². The fourth-order valence-electron chi connectivity index (χ4n) is 1.66. The van der Waals surface area contributed by atoms with Gasteiger partial charge in [0.2, 0.25) is 0 Å². The average molecular weight is 228 g/mol. The fourth-order valence-corrected chi connectivity index (χ4v) is 1.83. The normalized spacial score (nSPS) is 20.3. The van der Waals surface area contributed by atoms with Gasteiger partial charge in [0, 0.05) is 11.6 Å². The molecule has 0 aromatic heterocycles. The van der Waals surface area contributed by atoms with Gasteiger partial charge in [0.1, 0.15) is 5.75 Å². The average Bonchev–Trinajstić information content (AvgIpc) is 2.71. The summed E-state index contributed by atoms with van der Waals surface area (Å²) in [5, 5.41) is 4.07. The number of ether oxygens (including phenoxy) is 2. The molecule has 3 nitrogen and oxygen atoms in total. The van der Waals surface area contributed by atoms with Gasteiger partial charge in [-0.1, -0.05) is 11.6 Å².